The minimum atomic E-state index is 0.268. The molecule has 4 rings (SSSR count). The molecule has 27 heavy (non-hydrogen) atoms. The van der Waals surface area contributed by atoms with Crippen LogP contribution in [0.25, 0.3) is 0 Å². The Kier molecular flexibility index (Phi) is 4.73. The number of nitrogens with zero attached hydrogens (tertiary/aromatic N) is 2. The van der Waals surface area contributed by atoms with Crippen LogP contribution in [0.5, 0.6) is 0 Å². The van der Waals surface area contributed by atoms with Crippen LogP contribution in [0.2, 0.25) is 0 Å². The van der Waals surface area contributed by atoms with Crippen molar-refractivity contribution in [2.24, 2.45) is 16.3 Å². The van der Waals surface area contributed by atoms with Crippen molar-refractivity contribution in [3.8, 4) is 0 Å². The van der Waals surface area contributed by atoms with E-state index in [1.807, 2.05) is 12.4 Å². The third kappa shape index (κ3) is 3.26. The van der Waals surface area contributed by atoms with Crippen molar-refractivity contribution in [1.82, 2.24) is 9.97 Å². The zero-order valence-corrected chi connectivity index (χ0v) is 17.3. The number of hydrogen-bond acceptors (Lipinski definition) is 2. The maximum atomic E-state index is 4.81. The molecule has 0 aliphatic heterocycles. The van der Waals surface area contributed by atoms with Gasteiger partial charge in [0.1, 0.15) is 5.82 Å². The summed E-state index contributed by atoms with van der Waals surface area (Å²) in [5.74, 6) is 2.16. The molecule has 3 heteroatoms. The first-order chi connectivity index (χ1) is 12.9. The fourth-order valence-electron chi connectivity index (χ4n) is 5.88. The summed E-state index contributed by atoms with van der Waals surface area (Å²) in [6.07, 6.45) is 11.9. The van der Waals surface area contributed by atoms with E-state index in [-0.39, 0.29) is 10.8 Å². The number of nitrogens with one attached hydrogen (secondary N) is 1. The Balaban J connectivity index is 1.62. The average molecular weight is 364 g/mol. The second-order valence-electron chi connectivity index (χ2n) is 9.53. The van der Waals surface area contributed by atoms with Crippen molar-refractivity contribution in [3.63, 3.8) is 0 Å². The number of aryl methyl sites for hydroxylation is 1. The summed E-state index contributed by atoms with van der Waals surface area (Å²) in [6, 6.07) is 7.31. The Bertz CT molecular complexity index is 820. The Morgan fingerprint density at radius 2 is 2.15 bits per heavy atom. The van der Waals surface area contributed by atoms with Gasteiger partial charge in [-0.05, 0) is 65.0 Å². The standard InChI is InChI=1S/C24H33N3/c1-17(2)18-6-8-20-19(14-18)7-9-21-23(3,10-5-11-24(20,21)4)16-25-15-22-26-12-13-27-22/h6,8,12-15,17,21H,5,7,9-11,16H2,1-4H3,(H,26,27)/t21-,23-,24+/m0/s1. The highest BCUT2D eigenvalue weighted by atomic mass is 14.9. The molecule has 1 fully saturated rings. The molecule has 1 N–H and O–H groups in total. The number of H-pyrrole nitrogens is 1. The monoisotopic (exact) mass is 363 g/mol. The molecule has 0 bridgehead atoms. The largest absolute Gasteiger partial charge is 0.344 e. The minimum absolute atomic E-state index is 0.268. The number of aromatic amines is 1. The van der Waals surface area contributed by atoms with Crippen LogP contribution in [0, 0.1) is 11.3 Å². The molecule has 3 nitrogen and oxygen atoms in total. The van der Waals surface area contributed by atoms with Gasteiger partial charge in [0, 0.05) is 18.9 Å². The lowest BCUT2D eigenvalue weighted by Crippen LogP contribution is -2.50. The SMILES string of the molecule is CC(C)c1ccc2c(c1)CC[C@H]1[C@](C)(CN=Cc3ncc[nH]3)CCC[C@]21C. The number of rotatable bonds is 4. The molecule has 0 radical (unpaired) electrons. The molecule has 2 aliphatic rings. The van der Waals surface area contributed by atoms with Crippen molar-refractivity contribution >= 4 is 6.21 Å². The van der Waals surface area contributed by atoms with Gasteiger partial charge in [-0.25, -0.2) is 4.98 Å². The fourth-order valence-corrected chi connectivity index (χ4v) is 5.88. The Labute approximate surface area is 163 Å². The van der Waals surface area contributed by atoms with Gasteiger partial charge in [0.2, 0.25) is 0 Å². The Hall–Kier alpha value is -1.90. The predicted octanol–water partition coefficient (Wildman–Crippen LogP) is 5.66. The highest BCUT2D eigenvalue weighted by Crippen LogP contribution is 2.57. The Morgan fingerprint density at radius 3 is 2.89 bits per heavy atom. The molecule has 2 aromatic rings. The maximum absolute atomic E-state index is 4.81. The van der Waals surface area contributed by atoms with Gasteiger partial charge in [0.15, 0.2) is 0 Å². The zero-order chi connectivity index (χ0) is 19.1. The van der Waals surface area contributed by atoms with Crippen molar-refractivity contribution in [3.05, 3.63) is 53.1 Å². The molecule has 1 heterocycles. The number of aliphatic imine (C=N–C) groups is 1. The van der Waals surface area contributed by atoms with E-state index in [0.29, 0.717) is 11.8 Å². The molecule has 0 unspecified atom stereocenters. The topological polar surface area (TPSA) is 41.0 Å². The summed E-state index contributed by atoms with van der Waals surface area (Å²) < 4.78 is 0. The highest BCUT2D eigenvalue weighted by molar-refractivity contribution is 5.74. The van der Waals surface area contributed by atoms with Crippen molar-refractivity contribution < 1.29 is 0 Å². The first-order valence-corrected chi connectivity index (χ1v) is 10.5. The molecular formula is C24H33N3. The van der Waals surface area contributed by atoms with Crippen LogP contribution < -0.4 is 0 Å². The molecule has 2 aliphatic carbocycles. The van der Waals surface area contributed by atoms with Crippen molar-refractivity contribution in [1.29, 1.82) is 0 Å². The number of benzene rings is 1. The van der Waals surface area contributed by atoms with Crippen molar-refractivity contribution in [2.75, 3.05) is 6.54 Å². The summed E-state index contributed by atoms with van der Waals surface area (Å²) in [4.78, 5) is 12.2. The summed E-state index contributed by atoms with van der Waals surface area (Å²) in [6.45, 7) is 10.5. The number of aromatic nitrogens is 2. The first kappa shape index (κ1) is 18.5. The summed E-state index contributed by atoms with van der Waals surface area (Å²) in [5.41, 5.74) is 5.26. The summed E-state index contributed by atoms with van der Waals surface area (Å²) in [7, 11) is 0. The lowest BCUT2D eigenvalue weighted by atomic mass is 9.50. The van der Waals surface area contributed by atoms with Crippen LogP contribution in [0.3, 0.4) is 0 Å². The van der Waals surface area contributed by atoms with Gasteiger partial charge in [-0.3, -0.25) is 4.99 Å². The van der Waals surface area contributed by atoms with Crippen LogP contribution >= 0.6 is 0 Å². The Morgan fingerprint density at radius 1 is 1.30 bits per heavy atom. The molecule has 1 aromatic carbocycles. The number of fused-ring (bicyclic) bond motifs is 3. The van der Waals surface area contributed by atoms with Gasteiger partial charge < -0.3 is 4.98 Å². The summed E-state index contributed by atoms with van der Waals surface area (Å²) in [5, 5.41) is 0. The smallest absolute Gasteiger partial charge is 0.147 e. The number of imidazole rings is 1. The van der Waals surface area contributed by atoms with E-state index in [1.165, 1.54) is 37.7 Å². The van der Waals surface area contributed by atoms with Gasteiger partial charge >= 0.3 is 0 Å². The molecule has 1 aromatic heterocycles. The average Bonchev–Trinajstić information content (AvgIpc) is 3.14. The van der Waals surface area contributed by atoms with E-state index in [4.69, 9.17) is 4.99 Å². The van der Waals surface area contributed by atoms with E-state index in [9.17, 15) is 0 Å². The molecule has 0 saturated heterocycles. The van der Waals surface area contributed by atoms with Crippen LogP contribution in [-0.2, 0) is 11.8 Å². The molecule has 1 saturated carbocycles. The summed E-state index contributed by atoms with van der Waals surface area (Å²) >= 11 is 0. The maximum Gasteiger partial charge on any atom is 0.147 e. The van der Waals surface area contributed by atoms with Crippen LogP contribution in [0.15, 0.2) is 35.6 Å². The van der Waals surface area contributed by atoms with E-state index in [2.05, 4.69) is 55.9 Å². The van der Waals surface area contributed by atoms with Crippen LogP contribution in [0.1, 0.15) is 81.8 Å². The lowest BCUT2D eigenvalue weighted by Gasteiger charge is -2.55. The molecule has 3 atom stereocenters. The van der Waals surface area contributed by atoms with E-state index in [1.54, 1.807) is 17.3 Å². The predicted molar refractivity (Wildman–Crippen MR) is 113 cm³/mol. The van der Waals surface area contributed by atoms with Gasteiger partial charge in [-0.2, -0.15) is 0 Å². The van der Waals surface area contributed by atoms with Gasteiger partial charge in [-0.1, -0.05) is 52.3 Å². The molecule has 144 valence electrons. The quantitative estimate of drug-likeness (QED) is 0.699. The van der Waals surface area contributed by atoms with Crippen LogP contribution in [0.4, 0.5) is 0 Å². The molecular weight excluding hydrogens is 330 g/mol. The normalized spacial score (nSPS) is 30.5. The van der Waals surface area contributed by atoms with Gasteiger partial charge in [0.05, 0.1) is 6.21 Å². The third-order valence-electron chi connectivity index (χ3n) is 7.35. The first-order valence-electron chi connectivity index (χ1n) is 10.5. The van der Waals surface area contributed by atoms with Gasteiger partial charge in [-0.15, -0.1) is 0 Å². The van der Waals surface area contributed by atoms with Gasteiger partial charge in [0.25, 0.3) is 0 Å². The second-order valence-corrected chi connectivity index (χ2v) is 9.53. The molecule has 0 amide bonds. The third-order valence-corrected chi connectivity index (χ3v) is 7.35. The van der Waals surface area contributed by atoms with Crippen LogP contribution in [-0.4, -0.2) is 22.7 Å². The molecule has 0 spiro atoms. The zero-order valence-electron chi connectivity index (χ0n) is 17.3. The van der Waals surface area contributed by atoms with Crippen molar-refractivity contribution in [2.45, 2.75) is 71.1 Å². The fraction of sp³-hybridized carbons (Fsp3) is 0.583. The van der Waals surface area contributed by atoms with E-state index < -0.39 is 0 Å². The number of hydrogen-bond donors (Lipinski definition) is 1. The minimum Gasteiger partial charge on any atom is -0.344 e. The highest BCUT2D eigenvalue weighted by Gasteiger charge is 2.51. The lowest BCUT2D eigenvalue weighted by molar-refractivity contribution is 0.0332. The second kappa shape index (κ2) is 6.92. The van der Waals surface area contributed by atoms with E-state index >= 15 is 0 Å². The van der Waals surface area contributed by atoms with E-state index in [0.717, 1.165) is 12.4 Å².